The van der Waals surface area contributed by atoms with E-state index < -0.39 is 21.5 Å². The average molecular weight is 386 g/mol. The highest BCUT2D eigenvalue weighted by molar-refractivity contribution is 7.89. The molecule has 0 bridgehead atoms. The lowest BCUT2D eigenvalue weighted by Gasteiger charge is -2.53. The second-order valence-electron chi connectivity index (χ2n) is 6.95. The predicted octanol–water partition coefficient (Wildman–Crippen LogP) is 0.703. The Bertz CT molecular complexity index is 775. The Kier molecular flexibility index (Phi) is 4.67. The fourth-order valence-electron chi connectivity index (χ4n) is 4.00. The van der Waals surface area contributed by atoms with Crippen LogP contribution in [0.15, 0.2) is 17.5 Å². The number of carbonyl (C=O) groups excluding carboxylic acids is 2. The largest absolute Gasteiger partial charge is 0.348 e. The van der Waals surface area contributed by atoms with Gasteiger partial charge in [-0.2, -0.15) is 0 Å². The number of carbonyl (C=O) groups is 2. The lowest BCUT2D eigenvalue weighted by Crippen LogP contribution is -2.67. The van der Waals surface area contributed by atoms with Crippen molar-refractivity contribution in [1.29, 1.82) is 0 Å². The van der Waals surface area contributed by atoms with Crippen molar-refractivity contribution in [3.05, 3.63) is 22.4 Å². The minimum absolute atomic E-state index is 0.0688. The van der Waals surface area contributed by atoms with Gasteiger partial charge in [0, 0.05) is 40.3 Å². The topological polar surface area (TPSA) is 78.0 Å². The van der Waals surface area contributed by atoms with E-state index in [1.165, 1.54) is 20.5 Å². The van der Waals surface area contributed by atoms with Gasteiger partial charge in [0.2, 0.25) is 15.9 Å². The van der Waals surface area contributed by atoms with Gasteiger partial charge in [-0.05, 0) is 24.3 Å². The Labute approximate surface area is 152 Å². The van der Waals surface area contributed by atoms with Crippen molar-refractivity contribution in [2.75, 3.05) is 40.0 Å². The van der Waals surface area contributed by atoms with Crippen LogP contribution < -0.4 is 0 Å². The van der Waals surface area contributed by atoms with E-state index in [0.29, 0.717) is 17.8 Å². The maximum atomic E-state index is 13.0. The fraction of sp³-hybridized carbons (Fsp3) is 0.625. The quantitative estimate of drug-likeness (QED) is 0.751. The molecule has 3 heterocycles. The summed E-state index contributed by atoms with van der Waals surface area (Å²) in [7, 11) is 1.56. The molecule has 0 saturated carbocycles. The molecule has 2 amide bonds. The Morgan fingerprint density at radius 2 is 2.08 bits per heavy atom. The van der Waals surface area contributed by atoms with Gasteiger partial charge in [0.05, 0.1) is 16.0 Å². The fourth-order valence-corrected chi connectivity index (χ4v) is 6.29. The summed E-state index contributed by atoms with van der Waals surface area (Å²) < 4.78 is 25.9. The molecular formula is C16H23N3O4S2. The van der Waals surface area contributed by atoms with Crippen molar-refractivity contribution in [1.82, 2.24) is 14.1 Å². The van der Waals surface area contributed by atoms with Crippen LogP contribution in [0.3, 0.4) is 0 Å². The molecule has 2 aliphatic heterocycles. The van der Waals surface area contributed by atoms with Crippen molar-refractivity contribution in [3.8, 4) is 0 Å². The Morgan fingerprint density at radius 1 is 1.36 bits per heavy atom. The number of amides is 2. The lowest BCUT2D eigenvalue weighted by molar-refractivity contribution is -0.147. The number of hydrogen-bond acceptors (Lipinski definition) is 5. The molecule has 1 aromatic heterocycles. The number of hydrogen-bond donors (Lipinski definition) is 0. The number of thiophene rings is 1. The third-order valence-electron chi connectivity index (χ3n) is 5.32. The summed E-state index contributed by atoms with van der Waals surface area (Å²) in [6.07, 6.45) is 0.710. The first kappa shape index (κ1) is 18.3. The number of sulfonamides is 1. The first-order chi connectivity index (χ1) is 11.7. The molecule has 7 nitrogen and oxygen atoms in total. The van der Waals surface area contributed by atoms with Crippen LogP contribution >= 0.6 is 11.3 Å². The van der Waals surface area contributed by atoms with Gasteiger partial charge in [-0.25, -0.2) is 12.7 Å². The molecule has 0 aliphatic carbocycles. The molecular weight excluding hydrogens is 362 g/mol. The summed E-state index contributed by atoms with van der Waals surface area (Å²) in [5.74, 6) is -0.265. The Morgan fingerprint density at radius 3 is 2.68 bits per heavy atom. The van der Waals surface area contributed by atoms with Crippen molar-refractivity contribution < 1.29 is 18.0 Å². The van der Waals surface area contributed by atoms with Gasteiger partial charge in [0.1, 0.15) is 0 Å². The summed E-state index contributed by atoms with van der Waals surface area (Å²) in [6.45, 7) is 0.703. The first-order valence-electron chi connectivity index (χ1n) is 8.19. The third-order valence-corrected chi connectivity index (χ3v) is 8.03. The monoisotopic (exact) mass is 385 g/mol. The van der Waals surface area contributed by atoms with Gasteiger partial charge < -0.3 is 9.80 Å². The summed E-state index contributed by atoms with van der Waals surface area (Å²) in [5, 5.41) is 1.85. The Balaban J connectivity index is 1.96. The van der Waals surface area contributed by atoms with Crippen molar-refractivity contribution in [3.63, 3.8) is 0 Å². The molecule has 9 heteroatoms. The van der Waals surface area contributed by atoms with E-state index in [2.05, 4.69) is 0 Å². The molecule has 0 aromatic carbocycles. The van der Waals surface area contributed by atoms with Crippen LogP contribution in [0.1, 0.15) is 22.5 Å². The minimum Gasteiger partial charge on any atom is -0.348 e. The van der Waals surface area contributed by atoms with Crippen LogP contribution in [-0.4, -0.2) is 80.4 Å². The van der Waals surface area contributed by atoms with Crippen LogP contribution in [0.5, 0.6) is 0 Å². The number of rotatable bonds is 2. The predicted molar refractivity (Wildman–Crippen MR) is 95.9 cm³/mol. The van der Waals surface area contributed by atoms with E-state index in [1.807, 2.05) is 11.4 Å². The second-order valence-corrected chi connectivity index (χ2v) is 10.0. The molecule has 0 spiro atoms. The average Bonchev–Trinajstić information content (AvgIpc) is 3.11. The van der Waals surface area contributed by atoms with E-state index in [4.69, 9.17) is 0 Å². The van der Waals surface area contributed by atoms with E-state index in [9.17, 15) is 18.0 Å². The summed E-state index contributed by atoms with van der Waals surface area (Å²) in [5.41, 5.74) is -0.880. The molecule has 0 unspecified atom stereocenters. The minimum atomic E-state index is -3.35. The van der Waals surface area contributed by atoms with E-state index >= 15 is 0 Å². The number of likely N-dealkylation sites (tertiary alicyclic amines) is 1. The lowest BCUT2D eigenvalue weighted by atomic mass is 9.72. The van der Waals surface area contributed by atoms with Crippen LogP contribution in [0.25, 0.3) is 0 Å². The highest BCUT2D eigenvalue weighted by Crippen LogP contribution is 2.43. The Hall–Kier alpha value is -1.45. The highest BCUT2D eigenvalue weighted by atomic mass is 32.2. The molecule has 2 atom stereocenters. The normalized spacial score (nSPS) is 29.1. The molecule has 2 fully saturated rings. The molecule has 3 rings (SSSR count). The van der Waals surface area contributed by atoms with Gasteiger partial charge in [0.25, 0.3) is 5.91 Å². The molecule has 25 heavy (non-hydrogen) atoms. The van der Waals surface area contributed by atoms with E-state index in [1.54, 1.807) is 32.1 Å². The van der Waals surface area contributed by atoms with Gasteiger partial charge in [-0.1, -0.05) is 6.07 Å². The smallest absolute Gasteiger partial charge is 0.263 e. The van der Waals surface area contributed by atoms with Crippen LogP contribution in [-0.2, 0) is 14.8 Å². The van der Waals surface area contributed by atoms with Gasteiger partial charge in [-0.15, -0.1) is 11.3 Å². The van der Waals surface area contributed by atoms with E-state index in [-0.39, 0.29) is 30.5 Å². The van der Waals surface area contributed by atoms with Crippen LogP contribution in [0.2, 0.25) is 0 Å². The van der Waals surface area contributed by atoms with Crippen molar-refractivity contribution in [2.45, 2.75) is 18.9 Å². The van der Waals surface area contributed by atoms with Gasteiger partial charge in [-0.3, -0.25) is 9.59 Å². The number of piperidine rings is 1. The van der Waals surface area contributed by atoms with Gasteiger partial charge in [0.15, 0.2) is 0 Å². The number of fused-ring (bicyclic) bond motifs is 1. The molecule has 138 valence electrons. The van der Waals surface area contributed by atoms with Crippen LogP contribution in [0, 0.1) is 5.41 Å². The van der Waals surface area contributed by atoms with Gasteiger partial charge >= 0.3 is 0 Å². The summed E-state index contributed by atoms with van der Waals surface area (Å²) in [4.78, 5) is 29.6. The summed E-state index contributed by atoms with van der Waals surface area (Å²) >= 11 is 1.38. The SMILES string of the molecule is CN(C)C(=O)[C@]12CCS(=O)(=O)N(C)[C@@H]1CCN(C(=O)c1cccs1)C2. The maximum absolute atomic E-state index is 13.0. The highest BCUT2D eigenvalue weighted by Gasteiger charge is 2.57. The van der Waals surface area contributed by atoms with E-state index in [0.717, 1.165) is 0 Å². The second kappa shape index (κ2) is 6.37. The standard InChI is InChI=1S/C16H23N3O4S2/c1-17(2)15(21)16-7-10-25(22,23)18(3)13(16)6-8-19(11-16)14(20)12-5-4-9-24-12/h4-5,9,13H,6-8,10-11H2,1-3H3/t13-,16+/m1/s1. The van der Waals surface area contributed by atoms with Crippen LogP contribution in [0.4, 0.5) is 0 Å². The maximum Gasteiger partial charge on any atom is 0.263 e. The molecule has 0 N–H and O–H groups in total. The molecule has 2 aliphatic rings. The number of nitrogens with zero attached hydrogens (tertiary/aromatic N) is 3. The third kappa shape index (κ3) is 2.98. The zero-order valence-corrected chi connectivity index (χ0v) is 16.3. The molecule has 2 saturated heterocycles. The molecule has 0 radical (unpaired) electrons. The molecule has 1 aromatic rings. The first-order valence-corrected chi connectivity index (χ1v) is 10.7. The zero-order valence-electron chi connectivity index (χ0n) is 14.6. The summed E-state index contributed by atoms with van der Waals surface area (Å²) in [6, 6.07) is 3.19. The van der Waals surface area contributed by atoms with Crippen molar-refractivity contribution in [2.24, 2.45) is 5.41 Å². The zero-order chi connectivity index (χ0) is 18.4. The van der Waals surface area contributed by atoms with Crippen molar-refractivity contribution >= 4 is 33.2 Å².